The lowest BCUT2D eigenvalue weighted by atomic mass is 10.0. The second kappa shape index (κ2) is 16.8. The Hall–Kier alpha value is -9.32. The van der Waals surface area contributed by atoms with Gasteiger partial charge >= 0.3 is 0 Å². The Morgan fingerprint density at radius 3 is 1.42 bits per heavy atom. The highest BCUT2D eigenvalue weighted by atomic mass is 15.1. The van der Waals surface area contributed by atoms with Crippen molar-refractivity contribution < 1.29 is 0 Å². The van der Waals surface area contributed by atoms with Crippen LogP contribution in [0.15, 0.2) is 261 Å². The molecular weight excluding hydrogens is 839 g/mol. The molecule has 5 nitrogen and oxygen atoms in total. The van der Waals surface area contributed by atoms with Crippen molar-refractivity contribution in [2.24, 2.45) is 0 Å². The van der Waals surface area contributed by atoms with Crippen LogP contribution in [0.4, 0.5) is 17.1 Å². The molecule has 0 fully saturated rings. The van der Waals surface area contributed by atoms with Crippen LogP contribution in [0.3, 0.4) is 0 Å². The molecule has 0 saturated carbocycles. The summed E-state index contributed by atoms with van der Waals surface area (Å²) in [5.41, 5.74) is 17.3. The van der Waals surface area contributed by atoms with Gasteiger partial charge in [-0.25, -0.2) is 9.97 Å². The van der Waals surface area contributed by atoms with Gasteiger partial charge in [-0.2, -0.15) is 0 Å². The molecule has 0 atom stereocenters. The van der Waals surface area contributed by atoms with Gasteiger partial charge in [-0.3, -0.25) is 0 Å². The number of anilines is 3. The van der Waals surface area contributed by atoms with E-state index in [1.807, 2.05) is 12.1 Å². The average molecular weight is 882 g/mol. The summed E-state index contributed by atoms with van der Waals surface area (Å²) in [6, 6.07) is 92.8. The molecule has 13 rings (SSSR count). The fourth-order valence-electron chi connectivity index (χ4n) is 10.1. The van der Waals surface area contributed by atoms with E-state index in [0.717, 1.165) is 78.7 Å². The third-order valence-corrected chi connectivity index (χ3v) is 13.3. The molecule has 0 aliphatic heterocycles. The predicted octanol–water partition coefficient (Wildman–Crippen LogP) is 16.8. The molecule has 0 aliphatic carbocycles. The van der Waals surface area contributed by atoms with Crippen molar-refractivity contribution in [3.05, 3.63) is 261 Å². The Balaban J connectivity index is 0.909. The lowest BCUT2D eigenvalue weighted by Crippen LogP contribution is -2.09. The lowest BCUT2D eigenvalue weighted by Gasteiger charge is -2.26. The predicted molar refractivity (Wildman–Crippen MR) is 287 cm³/mol. The summed E-state index contributed by atoms with van der Waals surface area (Å²) in [5, 5.41) is 4.85. The van der Waals surface area contributed by atoms with Gasteiger partial charge in [0, 0.05) is 72.2 Å². The van der Waals surface area contributed by atoms with Gasteiger partial charge in [0.25, 0.3) is 0 Å². The van der Waals surface area contributed by atoms with E-state index in [4.69, 9.17) is 9.97 Å². The highest BCUT2D eigenvalue weighted by Crippen LogP contribution is 2.42. The van der Waals surface area contributed by atoms with Crippen molar-refractivity contribution >= 4 is 60.7 Å². The minimum absolute atomic E-state index is 0.688. The molecule has 5 heteroatoms. The van der Waals surface area contributed by atoms with E-state index < -0.39 is 0 Å². The maximum atomic E-state index is 5.12. The summed E-state index contributed by atoms with van der Waals surface area (Å²) >= 11 is 0. The number of nitrogens with zero attached hydrogens (tertiary/aromatic N) is 5. The van der Waals surface area contributed by atoms with Crippen molar-refractivity contribution in [3.8, 4) is 56.4 Å². The van der Waals surface area contributed by atoms with E-state index in [9.17, 15) is 0 Å². The van der Waals surface area contributed by atoms with Gasteiger partial charge in [0.2, 0.25) is 0 Å². The molecule has 0 spiro atoms. The van der Waals surface area contributed by atoms with Gasteiger partial charge in [-0.05, 0) is 103 Å². The fraction of sp³-hybridized carbons (Fsp3) is 0. The summed E-state index contributed by atoms with van der Waals surface area (Å²) in [7, 11) is 0. The Labute approximate surface area is 400 Å². The molecule has 0 radical (unpaired) electrons. The van der Waals surface area contributed by atoms with Gasteiger partial charge in [-0.1, -0.05) is 164 Å². The molecule has 3 aromatic heterocycles. The Bertz CT molecular complexity index is 3910. The summed E-state index contributed by atoms with van der Waals surface area (Å²) in [6.07, 6.45) is 0. The fourth-order valence-corrected chi connectivity index (χ4v) is 10.1. The first kappa shape index (κ1) is 40.0. The van der Waals surface area contributed by atoms with Crippen LogP contribution in [0.2, 0.25) is 0 Å². The number of para-hydroxylation sites is 5. The summed E-state index contributed by atoms with van der Waals surface area (Å²) in [6.45, 7) is 0. The van der Waals surface area contributed by atoms with E-state index in [1.54, 1.807) is 0 Å². The molecular formula is C64H43N5. The largest absolute Gasteiger partial charge is 0.310 e. The van der Waals surface area contributed by atoms with Gasteiger partial charge in [0.1, 0.15) is 0 Å². The van der Waals surface area contributed by atoms with Crippen LogP contribution in [-0.2, 0) is 0 Å². The summed E-state index contributed by atoms with van der Waals surface area (Å²) in [4.78, 5) is 12.6. The monoisotopic (exact) mass is 881 g/mol. The normalized spacial score (nSPS) is 11.5. The average Bonchev–Trinajstić information content (AvgIpc) is 3.95. The van der Waals surface area contributed by atoms with Crippen molar-refractivity contribution in [3.63, 3.8) is 0 Å². The van der Waals surface area contributed by atoms with Gasteiger partial charge in [0.15, 0.2) is 5.82 Å². The van der Waals surface area contributed by atoms with Crippen molar-refractivity contribution in [1.82, 2.24) is 19.1 Å². The number of benzene rings is 10. The summed E-state index contributed by atoms with van der Waals surface area (Å²) < 4.78 is 4.77. The van der Waals surface area contributed by atoms with Crippen LogP contribution in [0.25, 0.3) is 100 Å². The van der Waals surface area contributed by atoms with Crippen LogP contribution < -0.4 is 4.90 Å². The molecule has 0 unspecified atom stereocenters. The number of fused-ring (bicyclic) bond motifs is 6. The van der Waals surface area contributed by atoms with Crippen molar-refractivity contribution in [2.45, 2.75) is 0 Å². The van der Waals surface area contributed by atoms with Crippen LogP contribution in [0.1, 0.15) is 0 Å². The molecule has 69 heavy (non-hydrogen) atoms. The number of rotatable bonds is 9. The molecule has 0 bridgehead atoms. The second-order valence-electron chi connectivity index (χ2n) is 17.4. The number of hydrogen-bond acceptors (Lipinski definition) is 3. The van der Waals surface area contributed by atoms with Crippen LogP contribution in [-0.4, -0.2) is 19.1 Å². The zero-order valence-electron chi connectivity index (χ0n) is 37.6. The first-order chi connectivity index (χ1) is 34.2. The van der Waals surface area contributed by atoms with E-state index in [0.29, 0.717) is 5.82 Å². The van der Waals surface area contributed by atoms with Crippen LogP contribution in [0, 0.1) is 0 Å². The minimum atomic E-state index is 0.688. The molecule has 0 N–H and O–H groups in total. The minimum Gasteiger partial charge on any atom is -0.310 e. The summed E-state index contributed by atoms with van der Waals surface area (Å²) in [5.74, 6) is 0.688. The SMILES string of the molecule is c1ccc(-c2cc(-c3ccccc3)nc(-c3ccc(-n4c5ccccc5c5cccc(-c6ccc(N(c7ccccc7)c7ccc8c(c7)c7ccccc7n8-c7ccccc7)cc6)c54)cc3)n2)cc1. The topological polar surface area (TPSA) is 38.9 Å². The number of aromatic nitrogens is 4. The third-order valence-electron chi connectivity index (χ3n) is 13.3. The molecule has 3 heterocycles. The van der Waals surface area contributed by atoms with Crippen molar-refractivity contribution in [2.75, 3.05) is 4.90 Å². The maximum absolute atomic E-state index is 5.12. The molecule has 0 aliphatic rings. The third kappa shape index (κ3) is 7.04. The van der Waals surface area contributed by atoms with Gasteiger partial charge < -0.3 is 14.0 Å². The van der Waals surface area contributed by atoms with Crippen LogP contribution in [0.5, 0.6) is 0 Å². The zero-order valence-corrected chi connectivity index (χ0v) is 37.6. The van der Waals surface area contributed by atoms with E-state index >= 15 is 0 Å². The van der Waals surface area contributed by atoms with Gasteiger partial charge in [0.05, 0.1) is 33.5 Å². The quantitative estimate of drug-likeness (QED) is 0.145. The van der Waals surface area contributed by atoms with E-state index in [1.165, 1.54) is 32.6 Å². The van der Waals surface area contributed by atoms with Gasteiger partial charge in [-0.15, -0.1) is 0 Å². The molecule has 0 amide bonds. The molecule has 324 valence electrons. The highest BCUT2D eigenvalue weighted by Gasteiger charge is 2.20. The molecule has 13 aromatic rings. The molecule has 0 saturated heterocycles. The maximum Gasteiger partial charge on any atom is 0.160 e. The van der Waals surface area contributed by atoms with Crippen LogP contribution >= 0.6 is 0 Å². The standard InChI is InChI=1S/C64H43N5/c1-5-18-45(19-6-1)58-43-59(46-20-7-2-8-21-46)66-64(65-58)47-34-38-51(39-35-47)69-61-31-16-13-26-54(61)56-29-17-28-53(63(56)69)44-32-36-50(37-33-44)67(48-22-9-3-10-23-48)52-40-41-62-57(42-52)55-27-14-15-30-60(55)68(62)49-24-11-4-12-25-49/h1-43H. The molecule has 10 aromatic carbocycles. The zero-order chi connectivity index (χ0) is 45.7. The smallest absolute Gasteiger partial charge is 0.160 e. The van der Waals surface area contributed by atoms with Crippen molar-refractivity contribution in [1.29, 1.82) is 0 Å². The Morgan fingerprint density at radius 1 is 0.290 bits per heavy atom. The first-order valence-electron chi connectivity index (χ1n) is 23.4. The lowest BCUT2D eigenvalue weighted by molar-refractivity contribution is 1.16. The highest BCUT2D eigenvalue weighted by molar-refractivity contribution is 6.14. The van der Waals surface area contributed by atoms with E-state index in [-0.39, 0.29) is 0 Å². The first-order valence-corrected chi connectivity index (χ1v) is 23.4. The van der Waals surface area contributed by atoms with E-state index in [2.05, 4.69) is 263 Å². The Morgan fingerprint density at radius 2 is 0.768 bits per heavy atom. The second-order valence-corrected chi connectivity index (χ2v) is 17.4. The Kier molecular flexibility index (Phi) is 9.76. The number of hydrogen-bond donors (Lipinski definition) is 0.